The van der Waals surface area contributed by atoms with E-state index in [4.69, 9.17) is 11.5 Å². The fourth-order valence-electron chi connectivity index (χ4n) is 3.00. The van der Waals surface area contributed by atoms with E-state index in [2.05, 4.69) is 5.32 Å². The second-order valence-electron chi connectivity index (χ2n) is 5.92. The van der Waals surface area contributed by atoms with Crippen LogP contribution in [0, 0.1) is 5.92 Å². The lowest BCUT2D eigenvalue weighted by Crippen LogP contribution is -2.37. The van der Waals surface area contributed by atoms with Crippen molar-refractivity contribution < 1.29 is 9.59 Å². The van der Waals surface area contributed by atoms with Crippen LogP contribution in [0.2, 0.25) is 0 Å². The van der Waals surface area contributed by atoms with E-state index in [0.29, 0.717) is 17.3 Å². The van der Waals surface area contributed by atoms with Crippen LogP contribution in [0.3, 0.4) is 0 Å². The summed E-state index contributed by atoms with van der Waals surface area (Å²) in [5.41, 5.74) is 12.1. The number of aromatic nitrogens is 1. The lowest BCUT2D eigenvalue weighted by Gasteiger charge is -2.23. The number of nitrogens with zero attached hydrogens (tertiary/aromatic N) is 1. The summed E-state index contributed by atoms with van der Waals surface area (Å²) in [5, 5.41) is 2.75. The quantitative estimate of drug-likeness (QED) is 0.763. The van der Waals surface area contributed by atoms with Gasteiger partial charge in [-0.15, -0.1) is 0 Å². The zero-order chi connectivity index (χ0) is 15.4. The zero-order valence-corrected chi connectivity index (χ0v) is 12.5. The van der Waals surface area contributed by atoms with Gasteiger partial charge in [0.05, 0.1) is 11.7 Å². The number of rotatable bonds is 5. The Morgan fingerprint density at radius 2 is 2.05 bits per heavy atom. The van der Waals surface area contributed by atoms with Gasteiger partial charge in [0, 0.05) is 13.2 Å². The summed E-state index contributed by atoms with van der Waals surface area (Å²) >= 11 is 0. The van der Waals surface area contributed by atoms with Crippen molar-refractivity contribution in [2.45, 2.75) is 44.6 Å². The molecular weight excluding hydrogens is 268 g/mol. The van der Waals surface area contributed by atoms with Crippen molar-refractivity contribution >= 4 is 17.5 Å². The number of hydrogen-bond donors (Lipinski definition) is 3. The van der Waals surface area contributed by atoms with Gasteiger partial charge in [-0.2, -0.15) is 0 Å². The molecule has 6 heteroatoms. The number of primary amides is 1. The molecule has 2 rings (SSSR count). The summed E-state index contributed by atoms with van der Waals surface area (Å²) in [5.74, 6) is -0.178. The Bertz CT molecular complexity index is 518. The molecule has 5 N–H and O–H groups in total. The Kier molecular flexibility index (Phi) is 5.01. The summed E-state index contributed by atoms with van der Waals surface area (Å²) in [7, 11) is 1.71. The third-order valence-electron chi connectivity index (χ3n) is 4.17. The summed E-state index contributed by atoms with van der Waals surface area (Å²) in [6.45, 7) is 0. The summed E-state index contributed by atoms with van der Waals surface area (Å²) in [4.78, 5) is 23.3. The van der Waals surface area contributed by atoms with E-state index in [-0.39, 0.29) is 5.91 Å². The smallest absolute Gasteiger partial charge is 0.265 e. The molecule has 1 heterocycles. The molecule has 0 bridgehead atoms. The topological polar surface area (TPSA) is 103 Å². The first-order valence-corrected chi connectivity index (χ1v) is 7.50. The fraction of sp³-hybridized carbons (Fsp3) is 0.600. The Morgan fingerprint density at radius 1 is 1.38 bits per heavy atom. The van der Waals surface area contributed by atoms with Crippen LogP contribution >= 0.6 is 0 Å². The molecule has 0 aromatic carbocycles. The van der Waals surface area contributed by atoms with Gasteiger partial charge in [0.1, 0.15) is 5.69 Å². The minimum absolute atomic E-state index is 0.206. The number of anilines is 1. The molecular formula is C15H24N4O2. The molecule has 1 fully saturated rings. The molecule has 116 valence electrons. The number of nitrogens with one attached hydrogen (secondary N) is 1. The standard InChI is InChI=1S/C15H24N4O2/c1-19-9-11(8-13(19)14(17)20)18-15(21)12(16)7-10-5-3-2-4-6-10/h8-10,12H,2-7,16H2,1H3,(H2,17,20)(H,18,21). The molecule has 1 aromatic rings. The van der Waals surface area contributed by atoms with Crippen LogP contribution in [0.15, 0.2) is 12.3 Å². The van der Waals surface area contributed by atoms with Gasteiger partial charge in [-0.05, 0) is 18.4 Å². The van der Waals surface area contributed by atoms with Crippen molar-refractivity contribution in [3.05, 3.63) is 18.0 Å². The van der Waals surface area contributed by atoms with Gasteiger partial charge in [-0.1, -0.05) is 32.1 Å². The zero-order valence-electron chi connectivity index (χ0n) is 12.5. The third-order valence-corrected chi connectivity index (χ3v) is 4.17. The predicted molar refractivity (Wildman–Crippen MR) is 81.7 cm³/mol. The summed E-state index contributed by atoms with van der Waals surface area (Å²) < 4.78 is 1.59. The average Bonchev–Trinajstić information content (AvgIpc) is 2.80. The lowest BCUT2D eigenvalue weighted by atomic mass is 9.85. The Morgan fingerprint density at radius 3 is 2.62 bits per heavy atom. The van der Waals surface area contributed by atoms with Gasteiger partial charge in [0.25, 0.3) is 5.91 Å². The van der Waals surface area contributed by atoms with Crippen LogP contribution < -0.4 is 16.8 Å². The van der Waals surface area contributed by atoms with Crippen molar-refractivity contribution in [3.8, 4) is 0 Å². The third kappa shape index (κ3) is 4.07. The first-order valence-electron chi connectivity index (χ1n) is 7.50. The van der Waals surface area contributed by atoms with Crippen LogP contribution in [-0.2, 0) is 11.8 Å². The Hall–Kier alpha value is -1.82. The van der Waals surface area contributed by atoms with Crippen LogP contribution in [-0.4, -0.2) is 22.4 Å². The monoisotopic (exact) mass is 292 g/mol. The number of carbonyl (C=O) groups is 2. The van der Waals surface area contributed by atoms with Crippen LogP contribution in [0.5, 0.6) is 0 Å². The molecule has 0 radical (unpaired) electrons. The lowest BCUT2D eigenvalue weighted by molar-refractivity contribution is -0.117. The molecule has 1 aliphatic rings. The SMILES string of the molecule is Cn1cc(NC(=O)C(N)CC2CCCCC2)cc1C(N)=O. The molecule has 1 atom stereocenters. The molecule has 2 amide bonds. The van der Waals surface area contributed by atoms with E-state index in [0.717, 1.165) is 19.3 Å². The van der Waals surface area contributed by atoms with Crippen molar-refractivity contribution in [1.29, 1.82) is 0 Å². The normalized spacial score (nSPS) is 17.4. The minimum atomic E-state index is -0.524. The molecule has 0 saturated heterocycles. The summed E-state index contributed by atoms with van der Waals surface area (Å²) in [6.07, 6.45) is 8.47. The minimum Gasteiger partial charge on any atom is -0.364 e. The first kappa shape index (κ1) is 15.6. The van der Waals surface area contributed by atoms with Gasteiger partial charge in [0.15, 0.2) is 0 Å². The van der Waals surface area contributed by atoms with E-state index in [1.54, 1.807) is 23.9 Å². The molecule has 0 aliphatic heterocycles. The fourth-order valence-corrected chi connectivity index (χ4v) is 3.00. The molecule has 0 spiro atoms. The maximum absolute atomic E-state index is 12.1. The molecule has 1 aromatic heterocycles. The molecule has 21 heavy (non-hydrogen) atoms. The van der Waals surface area contributed by atoms with Gasteiger partial charge in [-0.25, -0.2) is 0 Å². The van der Waals surface area contributed by atoms with Crippen LogP contribution in [0.25, 0.3) is 0 Å². The number of carbonyl (C=O) groups excluding carboxylic acids is 2. The van der Waals surface area contributed by atoms with Gasteiger partial charge < -0.3 is 21.4 Å². The van der Waals surface area contributed by atoms with Gasteiger partial charge in [-0.3, -0.25) is 9.59 Å². The average molecular weight is 292 g/mol. The molecule has 1 saturated carbocycles. The molecule has 1 aliphatic carbocycles. The Balaban J connectivity index is 1.90. The van der Waals surface area contributed by atoms with Gasteiger partial charge in [0.2, 0.25) is 5.91 Å². The van der Waals surface area contributed by atoms with E-state index in [1.165, 1.54) is 19.3 Å². The van der Waals surface area contributed by atoms with Crippen molar-refractivity contribution in [2.75, 3.05) is 5.32 Å². The number of aryl methyl sites for hydroxylation is 1. The number of amides is 2. The van der Waals surface area contributed by atoms with Gasteiger partial charge >= 0.3 is 0 Å². The van der Waals surface area contributed by atoms with Crippen molar-refractivity contribution in [1.82, 2.24) is 4.57 Å². The van der Waals surface area contributed by atoms with Crippen molar-refractivity contribution in [2.24, 2.45) is 24.4 Å². The highest BCUT2D eigenvalue weighted by atomic mass is 16.2. The maximum atomic E-state index is 12.1. The second-order valence-corrected chi connectivity index (χ2v) is 5.92. The molecule has 6 nitrogen and oxygen atoms in total. The van der Waals surface area contributed by atoms with E-state index in [1.807, 2.05) is 0 Å². The van der Waals surface area contributed by atoms with E-state index >= 15 is 0 Å². The highest BCUT2D eigenvalue weighted by Gasteiger charge is 2.22. The first-order chi connectivity index (χ1) is 9.97. The number of hydrogen-bond acceptors (Lipinski definition) is 3. The number of nitrogens with two attached hydrogens (primary N) is 2. The second kappa shape index (κ2) is 6.76. The highest BCUT2D eigenvalue weighted by molar-refractivity contribution is 5.97. The Labute approximate surface area is 124 Å². The predicted octanol–water partition coefficient (Wildman–Crippen LogP) is 1.36. The summed E-state index contributed by atoms with van der Waals surface area (Å²) in [6, 6.07) is 1.05. The van der Waals surface area contributed by atoms with Crippen LogP contribution in [0.1, 0.15) is 49.0 Å². The van der Waals surface area contributed by atoms with E-state index < -0.39 is 11.9 Å². The van der Waals surface area contributed by atoms with Crippen LogP contribution in [0.4, 0.5) is 5.69 Å². The largest absolute Gasteiger partial charge is 0.364 e. The maximum Gasteiger partial charge on any atom is 0.265 e. The van der Waals surface area contributed by atoms with Crippen molar-refractivity contribution in [3.63, 3.8) is 0 Å². The van der Waals surface area contributed by atoms with E-state index in [9.17, 15) is 9.59 Å². The molecule has 1 unspecified atom stereocenters. The highest BCUT2D eigenvalue weighted by Crippen LogP contribution is 2.27.